The number of benzene rings is 1. The molecule has 0 saturated heterocycles. The summed E-state index contributed by atoms with van der Waals surface area (Å²) in [5.41, 5.74) is -0.660. The van der Waals surface area contributed by atoms with E-state index in [1.807, 2.05) is 30.3 Å². The molecule has 0 unspecified atom stereocenters. The first-order chi connectivity index (χ1) is 15.7. The van der Waals surface area contributed by atoms with E-state index in [0.29, 0.717) is 0 Å². The highest BCUT2D eigenvalue weighted by Crippen LogP contribution is 2.36. The SMILES string of the molecule is C[C@H](O[C@@H]1C[C@H](C(=O)OC(C)(C)C)[C@@H](C(=O)OC(C)(C)C)C[C@@H]1O)C(=O)OCc1ccccc1. The third-order valence-electron chi connectivity index (χ3n) is 5.25. The second kappa shape index (κ2) is 11.3. The van der Waals surface area contributed by atoms with Crippen molar-refractivity contribution in [2.45, 2.75) is 97.4 Å². The van der Waals surface area contributed by atoms with Crippen molar-refractivity contribution in [1.29, 1.82) is 0 Å². The molecule has 2 rings (SSSR count). The number of aliphatic hydroxyl groups excluding tert-OH is 1. The number of aliphatic hydroxyl groups is 1. The molecule has 1 aromatic carbocycles. The summed E-state index contributed by atoms with van der Waals surface area (Å²) in [7, 11) is 0. The lowest BCUT2D eigenvalue weighted by atomic mass is 9.76. The van der Waals surface area contributed by atoms with E-state index in [1.54, 1.807) is 41.5 Å². The van der Waals surface area contributed by atoms with Gasteiger partial charge in [-0.2, -0.15) is 0 Å². The molecular formula is C26H38O8. The van der Waals surface area contributed by atoms with Crippen LogP contribution in [-0.2, 0) is 39.9 Å². The molecule has 1 aliphatic rings. The molecule has 1 saturated carbocycles. The Labute approximate surface area is 201 Å². The van der Waals surface area contributed by atoms with Gasteiger partial charge < -0.3 is 24.1 Å². The van der Waals surface area contributed by atoms with Gasteiger partial charge in [-0.05, 0) is 66.9 Å². The zero-order valence-corrected chi connectivity index (χ0v) is 21.2. The molecule has 0 heterocycles. The van der Waals surface area contributed by atoms with Crippen molar-refractivity contribution >= 4 is 17.9 Å². The minimum absolute atomic E-state index is 0.0102. The van der Waals surface area contributed by atoms with Crippen molar-refractivity contribution < 1.29 is 38.4 Å². The Balaban J connectivity index is 2.09. The molecule has 0 aromatic heterocycles. The predicted octanol–water partition coefficient (Wildman–Crippen LogP) is 3.57. The summed E-state index contributed by atoms with van der Waals surface area (Å²) < 4.78 is 22.1. The van der Waals surface area contributed by atoms with Crippen molar-refractivity contribution in [1.82, 2.24) is 0 Å². The van der Waals surface area contributed by atoms with Gasteiger partial charge in [0.05, 0.1) is 24.0 Å². The summed E-state index contributed by atoms with van der Waals surface area (Å²) in [6.07, 6.45) is -2.93. The van der Waals surface area contributed by atoms with E-state index in [9.17, 15) is 19.5 Å². The lowest BCUT2D eigenvalue weighted by molar-refractivity contribution is -0.189. The fraction of sp³-hybridized carbons (Fsp3) is 0.654. The Kier molecular flexibility index (Phi) is 9.25. The molecule has 1 N–H and O–H groups in total. The van der Waals surface area contributed by atoms with E-state index in [4.69, 9.17) is 18.9 Å². The van der Waals surface area contributed by atoms with Crippen molar-refractivity contribution in [3.05, 3.63) is 35.9 Å². The Bertz CT molecular complexity index is 837. The van der Waals surface area contributed by atoms with Crippen LogP contribution in [0.5, 0.6) is 0 Å². The summed E-state index contributed by atoms with van der Waals surface area (Å²) in [6, 6.07) is 9.24. The molecule has 0 aliphatic heterocycles. The molecule has 190 valence electrons. The minimum atomic E-state index is -1.07. The molecule has 0 spiro atoms. The van der Waals surface area contributed by atoms with Crippen LogP contribution in [0.4, 0.5) is 0 Å². The van der Waals surface area contributed by atoms with Crippen LogP contribution in [0.15, 0.2) is 30.3 Å². The van der Waals surface area contributed by atoms with E-state index >= 15 is 0 Å². The van der Waals surface area contributed by atoms with E-state index in [2.05, 4.69) is 0 Å². The molecule has 8 heteroatoms. The molecule has 34 heavy (non-hydrogen) atoms. The van der Waals surface area contributed by atoms with Crippen LogP contribution in [0.1, 0.15) is 66.9 Å². The van der Waals surface area contributed by atoms with Crippen LogP contribution in [0.3, 0.4) is 0 Å². The summed E-state index contributed by atoms with van der Waals surface area (Å²) >= 11 is 0. The van der Waals surface area contributed by atoms with Crippen LogP contribution >= 0.6 is 0 Å². The number of carbonyl (C=O) groups is 3. The normalized spacial score (nSPS) is 24.1. The average molecular weight is 479 g/mol. The van der Waals surface area contributed by atoms with Gasteiger partial charge >= 0.3 is 17.9 Å². The van der Waals surface area contributed by atoms with Crippen LogP contribution in [0, 0.1) is 11.8 Å². The number of carbonyl (C=O) groups excluding carboxylic acids is 3. The number of esters is 3. The van der Waals surface area contributed by atoms with Crippen molar-refractivity contribution in [3.8, 4) is 0 Å². The van der Waals surface area contributed by atoms with Crippen molar-refractivity contribution in [3.63, 3.8) is 0 Å². The van der Waals surface area contributed by atoms with Gasteiger partial charge in [0.2, 0.25) is 0 Å². The largest absolute Gasteiger partial charge is 0.460 e. The van der Waals surface area contributed by atoms with Gasteiger partial charge in [0.1, 0.15) is 17.8 Å². The molecule has 1 aromatic rings. The highest BCUT2D eigenvalue weighted by Gasteiger charge is 2.47. The number of hydrogen-bond acceptors (Lipinski definition) is 8. The molecule has 1 fully saturated rings. The van der Waals surface area contributed by atoms with E-state index in [0.717, 1.165) is 5.56 Å². The molecule has 0 amide bonds. The second-order valence-corrected chi connectivity index (χ2v) is 10.7. The van der Waals surface area contributed by atoms with Crippen LogP contribution in [0.25, 0.3) is 0 Å². The molecule has 8 nitrogen and oxygen atoms in total. The number of ether oxygens (including phenoxy) is 4. The van der Waals surface area contributed by atoms with Crippen molar-refractivity contribution in [2.75, 3.05) is 0 Å². The lowest BCUT2D eigenvalue weighted by Crippen LogP contribution is -2.49. The summed E-state index contributed by atoms with van der Waals surface area (Å²) in [5.74, 6) is -3.49. The third kappa shape index (κ3) is 8.72. The predicted molar refractivity (Wildman–Crippen MR) is 124 cm³/mol. The van der Waals surface area contributed by atoms with Crippen LogP contribution < -0.4 is 0 Å². The maximum absolute atomic E-state index is 13.0. The monoisotopic (exact) mass is 478 g/mol. The first-order valence-electron chi connectivity index (χ1n) is 11.7. The fourth-order valence-corrected chi connectivity index (χ4v) is 3.73. The zero-order valence-electron chi connectivity index (χ0n) is 21.2. The zero-order chi connectivity index (χ0) is 25.7. The molecule has 0 radical (unpaired) electrons. The minimum Gasteiger partial charge on any atom is -0.460 e. The standard InChI is InChI=1S/C26H38O8/c1-16(22(28)31-15-17-11-9-8-10-12-17)32-21-14-19(24(30)34-26(5,6)7)18(13-20(21)27)23(29)33-25(2,3)4/h8-12,16,18-21,27H,13-15H2,1-7H3/t16-,18-,19-,20-,21+/m0/s1. The topological polar surface area (TPSA) is 108 Å². The Morgan fingerprint density at radius 2 is 1.41 bits per heavy atom. The van der Waals surface area contributed by atoms with Gasteiger partial charge in [-0.3, -0.25) is 9.59 Å². The fourth-order valence-electron chi connectivity index (χ4n) is 3.73. The first kappa shape index (κ1) is 27.8. The third-order valence-corrected chi connectivity index (χ3v) is 5.25. The maximum Gasteiger partial charge on any atom is 0.335 e. The van der Waals surface area contributed by atoms with Crippen molar-refractivity contribution in [2.24, 2.45) is 11.8 Å². The summed E-state index contributed by atoms with van der Waals surface area (Å²) in [6.45, 7) is 12.1. The first-order valence-corrected chi connectivity index (χ1v) is 11.7. The summed E-state index contributed by atoms with van der Waals surface area (Å²) in [5, 5.41) is 10.7. The van der Waals surface area contributed by atoms with Gasteiger partial charge in [0.25, 0.3) is 0 Å². The smallest absolute Gasteiger partial charge is 0.335 e. The Morgan fingerprint density at radius 1 is 0.912 bits per heavy atom. The lowest BCUT2D eigenvalue weighted by Gasteiger charge is -2.39. The summed E-state index contributed by atoms with van der Waals surface area (Å²) in [4.78, 5) is 38.2. The van der Waals surface area contributed by atoms with E-state index in [1.165, 1.54) is 6.92 Å². The second-order valence-electron chi connectivity index (χ2n) is 10.7. The van der Waals surface area contributed by atoms with Crippen LogP contribution in [-0.4, -0.2) is 52.5 Å². The Morgan fingerprint density at radius 3 is 1.91 bits per heavy atom. The van der Waals surface area contributed by atoms with E-state index < -0.39 is 59.3 Å². The average Bonchev–Trinajstić information content (AvgIpc) is 2.71. The highest BCUT2D eigenvalue weighted by molar-refractivity contribution is 5.83. The van der Waals surface area contributed by atoms with Gasteiger partial charge in [-0.25, -0.2) is 4.79 Å². The molecule has 1 aliphatic carbocycles. The van der Waals surface area contributed by atoms with Crippen LogP contribution in [0.2, 0.25) is 0 Å². The van der Waals surface area contributed by atoms with Gasteiger partial charge in [-0.1, -0.05) is 30.3 Å². The van der Waals surface area contributed by atoms with Gasteiger partial charge in [-0.15, -0.1) is 0 Å². The van der Waals surface area contributed by atoms with Gasteiger partial charge in [0.15, 0.2) is 6.10 Å². The molecule has 5 atom stereocenters. The van der Waals surface area contributed by atoms with Gasteiger partial charge in [0, 0.05) is 0 Å². The van der Waals surface area contributed by atoms with E-state index in [-0.39, 0.29) is 19.4 Å². The maximum atomic E-state index is 13.0. The number of rotatable bonds is 7. The molecular weight excluding hydrogens is 440 g/mol. The molecule has 0 bridgehead atoms. The highest BCUT2D eigenvalue weighted by atomic mass is 16.6. The quantitative estimate of drug-likeness (QED) is 0.468. The Hall–Kier alpha value is -2.45. The number of hydrogen-bond donors (Lipinski definition) is 1.